The van der Waals surface area contributed by atoms with Crippen molar-refractivity contribution in [3.63, 3.8) is 0 Å². The molecular weight excluding hydrogens is 462 g/mol. The van der Waals surface area contributed by atoms with E-state index in [0.717, 1.165) is 11.3 Å². The SMILES string of the molecule is O=C(c1ccccc1Cl)N1CCN(c2ccc(Cl)cc2Cl)C(c2ccc(Cl)cc2)C1. The molecule has 1 aliphatic rings. The Morgan fingerprint density at radius 1 is 0.800 bits per heavy atom. The minimum atomic E-state index is -0.0962. The topological polar surface area (TPSA) is 23.6 Å². The Balaban J connectivity index is 1.69. The van der Waals surface area contributed by atoms with Gasteiger partial charge in [0.1, 0.15) is 0 Å². The Morgan fingerprint density at radius 3 is 2.20 bits per heavy atom. The van der Waals surface area contributed by atoms with Crippen LogP contribution in [0, 0.1) is 0 Å². The largest absolute Gasteiger partial charge is 0.360 e. The van der Waals surface area contributed by atoms with Gasteiger partial charge in [0.25, 0.3) is 5.91 Å². The van der Waals surface area contributed by atoms with Crippen LogP contribution < -0.4 is 4.90 Å². The Labute approximate surface area is 195 Å². The summed E-state index contributed by atoms with van der Waals surface area (Å²) in [7, 11) is 0. The first-order valence-corrected chi connectivity index (χ1v) is 11.0. The highest BCUT2D eigenvalue weighted by molar-refractivity contribution is 6.36. The lowest BCUT2D eigenvalue weighted by Crippen LogP contribution is -2.50. The predicted molar refractivity (Wildman–Crippen MR) is 125 cm³/mol. The van der Waals surface area contributed by atoms with Crippen molar-refractivity contribution in [1.29, 1.82) is 0 Å². The average Bonchev–Trinajstić information content (AvgIpc) is 2.74. The number of benzene rings is 3. The van der Waals surface area contributed by atoms with Crippen molar-refractivity contribution >= 4 is 58.0 Å². The summed E-state index contributed by atoms with van der Waals surface area (Å²) in [6, 6.07) is 20.2. The standard InChI is InChI=1S/C23H18Cl4N2O/c24-16-7-5-15(6-8-16)22-14-28(23(30)18-3-1-2-4-19(18)26)11-12-29(22)21-10-9-17(25)13-20(21)27/h1-10,13,22H,11-12,14H2. The van der Waals surface area contributed by atoms with E-state index in [9.17, 15) is 4.79 Å². The number of rotatable bonds is 3. The second-order valence-electron chi connectivity index (χ2n) is 7.09. The first-order valence-electron chi connectivity index (χ1n) is 9.45. The molecule has 0 saturated carbocycles. The van der Waals surface area contributed by atoms with Gasteiger partial charge in [0.15, 0.2) is 0 Å². The number of amides is 1. The van der Waals surface area contributed by atoms with Crippen molar-refractivity contribution in [2.24, 2.45) is 0 Å². The number of nitrogens with zero attached hydrogens (tertiary/aromatic N) is 2. The van der Waals surface area contributed by atoms with E-state index in [1.54, 1.807) is 18.2 Å². The third-order valence-electron chi connectivity index (χ3n) is 5.25. The van der Waals surface area contributed by atoms with Crippen molar-refractivity contribution in [2.45, 2.75) is 6.04 Å². The molecule has 154 valence electrons. The quantitative estimate of drug-likeness (QED) is 0.403. The maximum absolute atomic E-state index is 13.2. The summed E-state index contributed by atoms with van der Waals surface area (Å²) in [5.41, 5.74) is 2.43. The Kier molecular flexibility index (Phi) is 6.45. The van der Waals surface area contributed by atoms with Gasteiger partial charge >= 0.3 is 0 Å². The monoisotopic (exact) mass is 478 g/mol. The fraction of sp³-hybridized carbons (Fsp3) is 0.174. The lowest BCUT2D eigenvalue weighted by atomic mass is 10.0. The van der Waals surface area contributed by atoms with Crippen molar-refractivity contribution in [1.82, 2.24) is 4.90 Å². The van der Waals surface area contributed by atoms with Crippen LogP contribution in [0.25, 0.3) is 0 Å². The third-order valence-corrected chi connectivity index (χ3v) is 6.37. The van der Waals surface area contributed by atoms with Gasteiger partial charge < -0.3 is 9.80 Å². The van der Waals surface area contributed by atoms with Crippen LogP contribution in [-0.4, -0.2) is 30.4 Å². The molecule has 1 fully saturated rings. The number of hydrogen-bond acceptors (Lipinski definition) is 2. The van der Waals surface area contributed by atoms with Gasteiger partial charge in [-0.25, -0.2) is 0 Å². The molecule has 0 bridgehead atoms. The van der Waals surface area contributed by atoms with Crippen molar-refractivity contribution < 1.29 is 4.79 Å². The number of halogens is 4. The van der Waals surface area contributed by atoms with E-state index in [0.29, 0.717) is 45.3 Å². The molecule has 1 amide bonds. The normalized spacial score (nSPS) is 16.6. The van der Waals surface area contributed by atoms with Gasteiger partial charge in [0.05, 0.1) is 27.3 Å². The number of hydrogen-bond donors (Lipinski definition) is 0. The van der Waals surface area contributed by atoms with Crippen molar-refractivity contribution in [2.75, 3.05) is 24.5 Å². The molecule has 3 nitrogen and oxygen atoms in total. The zero-order valence-electron chi connectivity index (χ0n) is 15.9. The fourth-order valence-corrected chi connectivity index (χ4v) is 4.60. The third kappa shape index (κ3) is 4.40. The summed E-state index contributed by atoms with van der Waals surface area (Å²) in [5, 5.41) is 2.27. The molecule has 0 radical (unpaired) electrons. The van der Waals surface area contributed by atoms with E-state index < -0.39 is 0 Å². The van der Waals surface area contributed by atoms with E-state index >= 15 is 0 Å². The van der Waals surface area contributed by atoms with E-state index in [4.69, 9.17) is 46.4 Å². The highest BCUT2D eigenvalue weighted by Crippen LogP contribution is 2.37. The van der Waals surface area contributed by atoms with Crippen LogP contribution in [0.3, 0.4) is 0 Å². The first-order chi connectivity index (χ1) is 14.4. The fourth-order valence-electron chi connectivity index (χ4n) is 3.75. The maximum Gasteiger partial charge on any atom is 0.255 e. The number of carbonyl (C=O) groups excluding carboxylic acids is 1. The molecule has 1 aliphatic heterocycles. The molecule has 30 heavy (non-hydrogen) atoms. The zero-order valence-corrected chi connectivity index (χ0v) is 18.9. The van der Waals surface area contributed by atoms with Gasteiger partial charge in [-0.1, -0.05) is 70.7 Å². The Morgan fingerprint density at radius 2 is 1.50 bits per heavy atom. The minimum Gasteiger partial charge on any atom is -0.360 e. The minimum absolute atomic E-state index is 0.0820. The van der Waals surface area contributed by atoms with Crippen LogP contribution in [0.1, 0.15) is 22.0 Å². The molecule has 0 aromatic heterocycles. The number of anilines is 1. The summed E-state index contributed by atoms with van der Waals surface area (Å²) < 4.78 is 0. The molecule has 0 aliphatic carbocycles. The van der Waals surface area contributed by atoms with Gasteiger partial charge in [-0.15, -0.1) is 0 Å². The van der Waals surface area contributed by atoms with Crippen LogP contribution in [0.15, 0.2) is 66.7 Å². The van der Waals surface area contributed by atoms with Crippen molar-refractivity contribution in [3.05, 3.63) is 97.9 Å². The molecule has 7 heteroatoms. The summed E-state index contributed by atoms with van der Waals surface area (Å²) in [5.74, 6) is -0.0820. The van der Waals surface area contributed by atoms with Gasteiger partial charge in [-0.05, 0) is 48.0 Å². The van der Waals surface area contributed by atoms with Gasteiger partial charge in [-0.2, -0.15) is 0 Å². The highest BCUT2D eigenvalue weighted by Gasteiger charge is 2.32. The summed E-state index contributed by atoms with van der Waals surface area (Å²) in [6.45, 7) is 1.66. The van der Waals surface area contributed by atoms with E-state index in [1.807, 2.05) is 53.4 Å². The highest BCUT2D eigenvalue weighted by atomic mass is 35.5. The lowest BCUT2D eigenvalue weighted by molar-refractivity contribution is 0.0722. The van der Waals surface area contributed by atoms with Crippen LogP contribution in [0.5, 0.6) is 0 Å². The molecule has 0 spiro atoms. The summed E-state index contributed by atoms with van der Waals surface area (Å²) in [6.07, 6.45) is 0. The maximum atomic E-state index is 13.2. The Hall–Kier alpha value is -1.91. The van der Waals surface area contributed by atoms with E-state index in [-0.39, 0.29) is 11.9 Å². The smallest absolute Gasteiger partial charge is 0.255 e. The summed E-state index contributed by atoms with van der Waals surface area (Å²) in [4.78, 5) is 17.2. The van der Waals surface area contributed by atoms with Crippen LogP contribution in [0.4, 0.5) is 5.69 Å². The van der Waals surface area contributed by atoms with Crippen LogP contribution in [-0.2, 0) is 0 Å². The van der Waals surface area contributed by atoms with Crippen molar-refractivity contribution in [3.8, 4) is 0 Å². The molecule has 4 rings (SSSR count). The molecule has 1 saturated heterocycles. The number of carbonyl (C=O) groups is 1. The Bertz CT molecular complexity index is 1070. The van der Waals surface area contributed by atoms with E-state index in [2.05, 4.69) is 4.90 Å². The molecule has 3 aromatic rings. The number of piperazine rings is 1. The van der Waals surface area contributed by atoms with Crippen LogP contribution >= 0.6 is 46.4 Å². The molecule has 1 unspecified atom stereocenters. The molecule has 3 aromatic carbocycles. The van der Waals surface area contributed by atoms with E-state index in [1.165, 1.54) is 0 Å². The van der Waals surface area contributed by atoms with Gasteiger partial charge in [0, 0.05) is 29.7 Å². The summed E-state index contributed by atoms with van der Waals surface area (Å²) >= 11 is 25.0. The average molecular weight is 480 g/mol. The molecular formula is C23H18Cl4N2O. The molecule has 1 atom stereocenters. The second kappa shape index (κ2) is 9.07. The molecule has 1 heterocycles. The lowest BCUT2D eigenvalue weighted by Gasteiger charge is -2.43. The van der Waals surface area contributed by atoms with Gasteiger partial charge in [-0.3, -0.25) is 4.79 Å². The predicted octanol–water partition coefficient (Wildman–Crippen LogP) is 7.00. The van der Waals surface area contributed by atoms with Crippen LogP contribution in [0.2, 0.25) is 20.1 Å². The zero-order chi connectivity index (χ0) is 21.3. The first kappa shape index (κ1) is 21.3. The van der Waals surface area contributed by atoms with Gasteiger partial charge in [0.2, 0.25) is 0 Å². The molecule has 0 N–H and O–H groups in total. The second-order valence-corrected chi connectivity index (χ2v) is 8.77.